The van der Waals surface area contributed by atoms with E-state index < -0.39 is 0 Å². The van der Waals surface area contributed by atoms with E-state index in [2.05, 4.69) is 40.2 Å². The molecule has 3 rings (SSSR count). The van der Waals surface area contributed by atoms with Crippen molar-refractivity contribution in [3.63, 3.8) is 0 Å². The first-order valence-corrected chi connectivity index (χ1v) is 11.1. The molecule has 2 atom stereocenters. The maximum Gasteiger partial charge on any atom is 0.223 e. The maximum atomic E-state index is 13.0. The summed E-state index contributed by atoms with van der Waals surface area (Å²) >= 11 is 0. The number of hydrogen-bond acceptors (Lipinski definition) is 4. The molecule has 0 saturated carbocycles. The molecular formula is C26H34FN3O2. The predicted molar refractivity (Wildman–Crippen MR) is 128 cm³/mol. The molecule has 0 bridgehead atoms. The SMILES string of the molecule is CNC(CNCCC1CCNC1=O)Cc1ccccc1.Cc1ccc(/C=C/C=O)c(F)c1. The highest BCUT2D eigenvalue weighted by Crippen LogP contribution is 2.13. The van der Waals surface area contributed by atoms with Gasteiger partial charge < -0.3 is 16.0 Å². The molecule has 2 aromatic carbocycles. The van der Waals surface area contributed by atoms with Crippen LogP contribution in [0.25, 0.3) is 6.08 Å². The summed E-state index contributed by atoms with van der Waals surface area (Å²) < 4.78 is 13.0. The Morgan fingerprint density at radius 3 is 2.62 bits per heavy atom. The molecule has 5 nitrogen and oxygen atoms in total. The number of aryl methyl sites for hydroxylation is 1. The molecule has 6 heteroatoms. The average Bonchev–Trinajstić information content (AvgIpc) is 3.21. The van der Waals surface area contributed by atoms with Crippen LogP contribution in [0.15, 0.2) is 54.6 Å². The van der Waals surface area contributed by atoms with Gasteiger partial charge in [0.1, 0.15) is 12.1 Å². The maximum absolute atomic E-state index is 13.0. The van der Waals surface area contributed by atoms with Crippen LogP contribution in [0.4, 0.5) is 4.39 Å². The lowest BCUT2D eigenvalue weighted by atomic mass is 10.0. The zero-order valence-electron chi connectivity index (χ0n) is 18.9. The smallest absolute Gasteiger partial charge is 0.223 e. The van der Waals surface area contributed by atoms with Crippen molar-refractivity contribution in [3.05, 3.63) is 77.1 Å². The van der Waals surface area contributed by atoms with E-state index in [1.807, 2.05) is 20.0 Å². The first-order valence-electron chi connectivity index (χ1n) is 11.1. The quantitative estimate of drug-likeness (QED) is 0.302. The number of halogens is 1. The molecule has 172 valence electrons. The Labute approximate surface area is 190 Å². The molecule has 0 aromatic heterocycles. The van der Waals surface area contributed by atoms with Crippen molar-refractivity contribution in [1.82, 2.24) is 16.0 Å². The summed E-state index contributed by atoms with van der Waals surface area (Å²) in [5.74, 6) is 0.138. The van der Waals surface area contributed by atoms with Gasteiger partial charge in [-0.25, -0.2) is 4.39 Å². The molecule has 1 fully saturated rings. The lowest BCUT2D eigenvalue weighted by Crippen LogP contribution is -2.39. The third-order valence-corrected chi connectivity index (χ3v) is 5.47. The second-order valence-electron chi connectivity index (χ2n) is 7.96. The molecule has 1 aliphatic heterocycles. The van der Waals surface area contributed by atoms with Crippen molar-refractivity contribution in [2.24, 2.45) is 5.92 Å². The largest absolute Gasteiger partial charge is 0.356 e. The van der Waals surface area contributed by atoms with Crippen LogP contribution >= 0.6 is 0 Å². The number of carbonyl (C=O) groups excluding carboxylic acids is 2. The van der Waals surface area contributed by atoms with Gasteiger partial charge in [0, 0.05) is 30.6 Å². The summed E-state index contributed by atoms with van der Waals surface area (Å²) in [4.78, 5) is 21.4. The van der Waals surface area contributed by atoms with Crippen molar-refractivity contribution in [2.45, 2.75) is 32.2 Å². The standard InChI is InChI=1S/C16H25N3O.C10H9FO/c1-17-15(11-13-5-3-2-4-6-13)12-18-9-7-14-8-10-19-16(14)20;1-8-4-5-9(3-2-6-12)10(11)7-8/h2-6,14-15,17-18H,7-12H2,1H3,(H,19,20);2-7H,1H3/b;3-2+. The summed E-state index contributed by atoms with van der Waals surface area (Å²) in [6.07, 6.45) is 6.29. The van der Waals surface area contributed by atoms with Gasteiger partial charge in [-0.3, -0.25) is 9.59 Å². The summed E-state index contributed by atoms with van der Waals surface area (Å²) in [6, 6.07) is 15.8. The first kappa shape index (κ1) is 25.4. The van der Waals surface area contributed by atoms with Crippen LogP contribution < -0.4 is 16.0 Å². The lowest BCUT2D eigenvalue weighted by molar-refractivity contribution is -0.122. The van der Waals surface area contributed by atoms with E-state index in [9.17, 15) is 14.0 Å². The Hall–Kier alpha value is -2.83. The minimum atomic E-state index is -0.298. The molecule has 3 N–H and O–H groups in total. The number of amides is 1. The molecule has 0 spiro atoms. The third kappa shape index (κ3) is 9.12. The fourth-order valence-electron chi connectivity index (χ4n) is 3.56. The molecule has 2 unspecified atom stereocenters. The number of rotatable bonds is 10. The van der Waals surface area contributed by atoms with Gasteiger partial charge in [0.15, 0.2) is 0 Å². The Morgan fingerprint density at radius 2 is 2.00 bits per heavy atom. The van der Waals surface area contributed by atoms with Gasteiger partial charge in [0.2, 0.25) is 5.91 Å². The van der Waals surface area contributed by atoms with Gasteiger partial charge in [0.25, 0.3) is 0 Å². The highest BCUT2D eigenvalue weighted by Gasteiger charge is 2.23. The number of nitrogens with one attached hydrogen (secondary N) is 3. The molecule has 2 aromatic rings. The Bertz CT molecular complexity index is 871. The van der Waals surface area contributed by atoms with Gasteiger partial charge in [0.05, 0.1) is 0 Å². The molecule has 32 heavy (non-hydrogen) atoms. The molecule has 0 aliphatic carbocycles. The van der Waals surface area contributed by atoms with Crippen LogP contribution in [0, 0.1) is 18.7 Å². The Morgan fingerprint density at radius 1 is 1.22 bits per heavy atom. The van der Waals surface area contributed by atoms with Crippen LogP contribution in [-0.4, -0.2) is 44.9 Å². The molecule has 1 heterocycles. The van der Waals surface area contributed by atoms with Crippen LogP contribution in [0.1, 0.15) is 29.5 Å². The number of allylic oxidation sites excluding steroid dienone is 1. The normalized spacial score (nSPS) is 16.3. The second-order valence-corrected chi connectivity index (χ2v) is 7.96. The zero-order chi connectivity index (χ0) is 23.2. The monoisotopic (exact) mass is 439 g/mol. The number of likely N-dealkylation sites (N-methyl/N-ethyl adjacent to an activating group) is 1. The summed E-state index contributed by atoms with van der Waals surface area (Å²) in [7, 11) is 2.00. The third-order valence-electron chi connectivity index (χ3n) is 5.47. The van der Waals surface area contributed by atoms with Crippen LogP contribution in [0.2, 0.25) is 0 Å². The van der Waals surface area contributed by atoms with Gasteiger partial charge >= 0.3 is 0 Å². The van der Waals surface area contributed by atoms with Crippen LogP contribution in [0.3, 0.4) is 0 Å². The lowest BCUT2D eigenvalue weighted by Gasteiger charge is -2.17. The Balaban J connectivity index is 0.000000258. The highest BCUT2D eigenvalue weighted by atomic mass is 19.1. The minimum Gasteiger partial charge on any atom is -0.356 e. The van der Waals surface area contributed by atoms with E-state index in [0.29, 0.717) is 17.9 Å². The Kier molecular flexibility index (Phi) is 11.3. The molecule has 1 saturated heterocycles. The van der Waals surface area contributed by atoms with Crippen molar-refractivity contribution in [2.75, 3.05) is 26.7 Å². The van der Waals surface area contributed by atoms with Crippen molar-refractivity contribution in [1.29, 1.82) is 0 Å². The van der Waals surface area contributed by atoms with Gasteiger partial charge in [-0.05, 0) is 69.1 Å². The minimum absolute atomic E-state index is 0.213. The number of aldehydes is 1. The molecule has 1 aliphatic rings. The van der Waals surface area contributed by atoms with Crippen molar-refractivity contribution >= 4 is 18.3 Å². The van der Waals surface area contributed by atoms with E-state index in [-0.39, 0.29) is 17.6 Å². The number of carbonyl (C=O) groups is 2. The molecule has 1 amide bonds. The fourth-order valence-corrected chi connectivity index (χ4v) is 3.56. The van der Waals surface area contributed by atoms with Crippen molar-refractivity contribution < 1.29 is 14.0 Å². The van der Waals surface area contributed by atoms with E-state index in [1.54, 1.807) is 12.1 Å². The predicted octanol–water partition coefficient (Wildman–Crippen LogP) is 3.28. The van der Waals surface area contributed by atoms with Gasteiger partial charge in [-0.15, -0.1) is 0 Å². The average molecular weight is 440 g/mol. The summed E-state index contributed by atoms with van der Waals surface area (Å²) in [5.41, 5.74) is 2.66. The summed E-state index contributed by atoms with van der Waals surface area (Å²) in [6.45, 7) is 4.50. The fraction of sp³-hybridized carbons (Fsp3) is 0.385. The first-order chi connectivity index (χ1) is 15.5. The van der Waals surface area contributed by atoms with E-state index in [0.717, 1.165) is 44.5 Å². The van der Waals surface area contributed by atoms with Gasteiger partial charge in [-0.1, -0.05) is 42.5 Å². The summed E-state index contributed by atoms with van der Waals surface area (Å²) in [5, 5.41) is 9.69. The highest BCUT2D eigenvalue weighted by molar-refractivity contribution is 5.80. The number of hydrogen-bond donors (Lipinski definition) is 3. The molecule has 0 radical (unpaired) electrons. The second kappa shape index (κ2) is 14.3. The van der Waals surface area contributed by atoms with E-state index in [4.69, 9.17) is 0 Å². The van der Waals surface area contributed by atoms with Crippen LogP contribution in [-0.2, 0) is 16.0 Å². The van der Waals surface area contributed by atoms with Crippen molar-refractivity contribution in [3.8, 4) is 0 Å². The number of benzene rings is 2. The van der Waals surface area contributed by atoms with Crippen LogP contribution in [0.5, 0.6) is 0 Å². The van der Waals surface area contributed by atoms with Gasteiger partial charge in [-0.2, -0.15) is 0 Å². The van der Waals surface area contributed by atoms with E-state index in [1.165, 1.54) is 23.8 Å². The zero-order valence-corrected chi connectivity index (χ0v) is 18.9. The molecular weight excluding hydrogens is 405 g/mol. The topological polar surface area (TPSA) is 70.2 Å². The van der Waals surface area contributed by atoms with E-state index >= 15 is 0 Å².